The maximum Gasteiger partial charge on any atom is 0.348 e. The van der Waals surface area contributed by atoms with E-state index in [2.05, 4.69) is 27.7 Å². The Morgan fingerprint density at radius 3 is 2.36 bits per heavy atom. The van der Waals surface area contributed by atoms with Gasteiger partial charge in [-0.15, -0.1) is 11.3 Å². The molecular weight excluding hydrogens is 374 g/mol. The fraction of sp³-hybridized carbons (Fsp3) is 0.727. The number of methoxy groups -OCH3 is 1. The van der Waals surface area contributed by atoms with E-state index in [1.807, 2.05) is 13.0 Å². The minimum Gasteiger partial charge on any atom is -0.477 e. The van der Waals surface area contributed by atoms with Crippen LogP contribution in [0.4, 0.5) is 5.69 Å². The summed E-state index contributed by atoms with van der Waals surface area (Å²) >= 11 is 1.28. The zero-order valence-electron chi connectivity index (χ0n) is 18.1. The maximum absolute atomic E-state index is 13.6. The van der Waals surface area contributed by atoms with Crippen molar-refractivity contribution in [2.24, 2.45) is 11.8 Å². The zero-order valence-corrected chi connectivity index (χ0v) is 18.9. The molecule has 28 heavy (non-hydrogen) atoms. The monoisotopic (exact) mass is 409 g/mol. The first-order chi connectivity index (χ1) is 13.1. The molecule has 0 spiro atoms. The number of thiophene rings is 1. The molecule has 2 rings (SSSR count). The van der Waals surface area contributed by atoms with Crippen LogP contribution in [0, 0.1) is 11.8 Å². The molecule has 1 heterocycles. The second kappa shape index (κ2) is 9.40. The molecule has 0 aromatic carbocycles. The lowest BCUT2D eigenvalue weighted by Gasteiger charge is -2.35. The van der Waals surface area contributed by atoms with Crippen LogP contribution in [0.15, 0.2) is 6.07 Å². The van der Waals surface area contributed by atoms with Crippen LogP contribution in [0.2, 0.25) is 0 Å². The van der Waals surface area contributed by atoms with Gasteiger partial charge in [-0.3, -0.25) is 4.79 Å². The lowest BCUT2D eigenvalue weighted by molar-refractivity contribution is -0.124. The van der Waals surface area contributed by atoms with Crippen LogP contribution in [0.3, 0.4) is 0 Å². The summed E-state index contributed by atoms with van der Waals surface area (Å²) in [7, 11) is 1.62. The molecule has 0 aliphatic heterocycles. The molecule has 1 aromatic rings. The number of nitrogens with zero attached hydrogens (tertiary/aromatic N) is 1. The molecule has 1 saturated carbocycles. The Hall–Kier alpha value is -1.40. The average molecular weight is 410 g/mol. The first-order valence-corrected chi connectivity index (χ1v) is 11.1. The molecule has 6 heteroatoms. The molecule has 5 nitrogen and oxygen atoms in total. The lowest BCUT2D eigenvalue weighted by Crippen LogP contribution is -2.46. The zero-order chi connectivity index (χ0) is 21.1. The molecule has 1 aliphatic rings. The van der Waals surface area contributed by atoms with Gasteiger partial charge >= 0.3 is 5.97 Å². The van der Waals surface area contributed by atoms with Gasteiger partial charge in [0.25, 0.3) is 0 Å². The SMILES string of the molecule is CC[C@H](COC)N(C(=O)C1CCC(C)CC1)c1cc(C(C)(C)C)sc1C(=O)O. The number of amides is 1. The van der Waals surface area contributed by atoms with Crippen molar-refractivity contribution in [3.8, 4) is 0 Å². The highest BCUT2D eigenvalue weighted by atomic mass is 32.1. The number of carbonyl (C=O) groups is 2. The van der Waals surface area contributed by atoms with E-state index in [1.54, 1.807) is 12.0 Å². The van der Waals surface area contributed by atoms with E-state index in [4.69, 9.17) is 4.74 Å². The van der Waals surface area contributed by atoms with Gasteiger partial charge in [-0.25, -0.2) is 4.79 Å². The summed E-state index contributed by atoms with van der Waals surface area (Å²) in [5, 5.41) is 9.85. The van der Waals surface area contributed by atoms with Gasteiger partial charge in [-0.1, -0.05) is 34.6 Å². The third-order valence-electron chi connectivity index (χ3n) is 5.70. The maximum atomic E-state index is 13.6. The van der Waals surface area contributed by atoms with Crippen molar-refractivity contribution in [3.05, 3.63) is 15.8 Å². The standard InChI is InChI=1S/C22H35NO4S/c1-7-16(13-27-6)23(20(24)15-10-8-14(2)9-11-15)17-12-18(22(3,4)5)28-19(17)21(25)26/h12,14-16H,7-11,13H2,1-6H3,(H,25,26)/t14?,15?,16-/m1/s1. The van der Waals surface area contributed by atoms with Crippen LogP contribution in [0.1, 0.15) is 81.3 Å². The summed E-state index contributed by atoms with van der Waals surface area (Å²) in [6.45, 7) is 10.8. The van der Waals surface area contributed by atoms with Gasteiger partial charge in [0.15, 0.2) is 0 Å². The minimum absolute atomic E-state index is 0.0401. The number of aromatic carboxylic acids is 1. The van der Waals surface area contributed by atoms with E-state index in [-0.39, 0.29) is 28.2 Å². The predicted molar refractivity (Wildman–Crippen MR) is 115 cm³/mol. The summed E-state index contributed by atoms with van der Waals surface area (Å²) in [6.07, 6.45) is 4.56. The molecule has 0 unspecified atom stereocenters. The van der Waals surface area contributed by atoms with Crippen LogP contribution in [0.5, 0.6) is 0 Å². The predicted octanol–water partition coefficient (Wildman–Crippen LogP) is 5.33. The van der Waals surface area contributed by atoms with Crippen LogP contribution in [-0.4, -0.2) is 36.7 Å². The van der Waals surface area contributed by atoms with Crippen LogP contribution < -0.4 is 4.90 Å². The van der Waals surface area contributed by atoms with Crippen molar-refractivity contribution < 1.29 is 19.4 Å². The van der Waals surface area contributed by atoms with Gasteiger partial charge in [0.2, 0.25) is 5.91 Å². The average Bonchev–Trinajstić information content (AvgIpc) is 3.07. The molecule has 0 radical (unpaired) electrons. The number of ether oxygens (including phenoxy) is 1. The molecule has 1 amide bonds. The summed E-state index contributed by atoms with van der Waals surface area (Å²) in [4.78, 5) is 28.6. The van der Waals surface area contributed by atoms with E-state index in [1.165, 1.54) is 11.3 Å². The third-order valence-corrected chi connectivity index (χ3v) is 7.24. The molecule has 1 aliphatic carbocycles. The number of carboxylic acid groups (broad SMARTS) is 1. The Balaban J connectivity index is 2.51. The van der Waals surface area contributed by atoms with E-state index in [0.29, 0.717) is 24.6 Å². The van der Waals surface area contributed by atoms with E-state index in [0.717, 1.165) is 30.6 Å². The Morgan fingerprint density at radius 2 is 1.89 bits per heavy atom. The number of hydrogen-bond acceptors (Lipinski definition) is 4. The summed E-state index contributed by atoms with van der Waals surface area (Å²) in [5.74, 6) is -0.308. The summed E-state index contributed by atoms with van der Waals surface area (Å²) in [5.41, 5.74) is 0.361. The Morgan fingerprint density at radius 1 is 1.29 bits per heavy atom. The van der Waals surface area contributed by atoms with Crippen molar-refractivity contribution in [2.75, 3.05) is 18.6 Å². The quantitative estimate of drug-likeness (QED) is 0.661. The Bertz CT molecular complexity index is 683. The third kappa shape index (κ3) is 5.15. The molecule has 0 bridgehead atoms. The highest BCUT2D eigenvalue weighted by Gasteiger charge is 2.36. The molecule has 1 N–H and O–H groups in total. The minimum atomic E-state index is -0.974. The first-order valence-electron chi connectivity index (χ1n) is 10.3. The van der Waals surface area contributed by atoms with Gasteiger partial charge in [-0.05, 0) is 49.5 Å². The van der Waals surface area contributed by atoms with Crippen molar-refractivity contribution in [1.29, 1.82) is 0 Å². The fourth-order valence-electron chi connectivity index (χ4n) is 3.85. The van der Waals surface area contributed by atoms with Crippen LogP contribution in [0.25, 0.3) is 0 Å². The molecule has 1 atom stereocenters. The van der Waals surface area contributed by atoms with Gasteiger partial charge in [-0.2, -0.15) is 0 Å². The van der Waals surface area contributed by atoms with Gasteiger partial charge < -0.3 is 14.7 Å². The van der Waals surface area contributed by atoms with Gasteiger partial charge in [0, 0.05) is 17.9 Å². The molecule has 1 fully saturated rings. The fourth-order valence-corrected chi connectivity index (χ4v) is 4.90. The molecule has 158 valence electrons. The molecule has 1 aromatic heterocycles. The van der Waals surface area contributed by atoms with Gasteiger partial charge in [0.1, 0.15) is 4.88 Å². The van der Waals surface area contributed by atoms with E-state index < -0.39 is 5.97 Å². The topological polar surface area (TPSA) is 66.8 Å². The largest absolute Gasteiger partial charge is 0.477 e. The van der Waals surface area contributed by atoms with Crippen LogP contribution >= 0.6 is 11.3 Å². The first kappa shape index (κ1) is 22.9. The number of rotatable bonds is 7. The second-order valence-corrected chi connectivity index (χ2v) is 10.1. The van der Waals surface area contributed by atoms with Crippen molar-refractivity contribution in [3.63, 3.8) is 0 Å². The Labute approximate surface area is 173 Å². The summed E-state index contributed by atoms with van der Waals surface area (Å²) in [6, 6.07) is 1.74. The Kier molecular flexibility index (Phi) is 7.68. The van der Waals surface area contributed by atoms with E-state index in [9.17, 15) is 14.7 Å². The van der Waals surface area contributed by atoms with Crippen molar-refractivity contribution >= 4 is 28.9 Å². The molecular formula is C22H35NO4S. The highest BCUT2D eigenvalue weighted by molar-refractivity contribution is 7.14. The number of carbonyl (C=O) groups excluding carboxylic acids is 1. The number of carboxylic acids is 1. The normalized spacial score (nSPS) is 21.4. The smallest absolute Gasteiger partial charge is 0.348 e. The van der Waals surface area contributed by atoms with Crippen molar-refractivity contribution in [1.82, 2.24) is 0 Å². The lowest BCUT2D eigenvalue weighted by atomic mass is 9.82. The van der Waals surface area contributed by atoms with Crippen molar-refractivity contribution in [2.45, 2.75) is 78.2 Å². The number of hydrogen-bond donors (Lipinski definition) is 1. The molecule has 0 saturated heterocycles. The van der Waals surface area contributed by atoms with E-state index >= 15 is 0 Å². The number of anilines is 1. The highest BCUT2D eigenvalue weighted by Crippen LogP contribution is 2.40. The van der Waals surface area contributed by atoms with Gasteiger partial charge in [0.05, 0.1) is 18.3 Å². The second-order valence-electron chi connectivity index (χ2n) is 9.06. The van der Waals surface area contributed by atoms with Crippen LogP contribution in [-0.2, 0) is 14.9 Å². The summed E-state index contributed by atoms with van der Waals surface area (Å²) < 4.78 is 5.39.